The molecule has 2 N–H and O–H groups in total. The Balaban J connectivity index is 2.21. The lowest BCUT2D eigenvalue weighted by Gasteiger charge is -2.22. The van der Waals surface area contributed by atoms with Crippen LogP contribution in [0.5, 0.6) is 0 Å². The second-order valence-electron chi connectivity index (χ2n) is 4.99. The lowest BCUT2D eigenvalue weighted by molar-refractivity contribution is -0.156. The van der Waals surface area contributed by atoms with Crippen molar-refractivity contribution >= 4 is 23.8 Å². The van der Waals surface area contributed by atoms with E-state index in [-0.39, 0.29) is 6.42 Å². The molecule has 1 aliphatic carbocycles. The van der Waals surface area contributed by atoms with E-state index < -0.39 is 48.1 Å². The maximum Gasteiger partial charge on any atom is 0.326 e. The molecule has 7 heteroatoms. The van der Waals surface area contributed by atoms with E-state index >= 15 is 0 Å². The highest BCUT2D eigenvalue weighted by atomic mass is 16.4. The van der Waals surface area contributed by atoms with Crippen LogP contribution < -0.4 is 0 Å². The number of rotatable bonds is 5. The quantitative estimate of drug-likeness (QED) is 0.552. The molecule has 0 aromatic heterocycles. The van der Waals surface area contributed by atoms with E-state index in [1.54, 1.807) is 0 Å². The van der Waals surface area contributed by atoms with Gasteiger partial charge in [-0.25, -0.2) is 4.79 Å². The Hall–Kier alpha value is -2.18. The van der Waals surface area contributed by atoms with Gasteiger partial charge < -0.3 is 10.2 Å². The molecular formula is C13H15NO6. The second-order valence-corrected chi connectivity index (χ2v) is 4.99. The fourth-order valence-corrected chi connectivity index (χ4v) is 2.76. The number of nitrogens with zero attached hydrogens (tertiary/aromatic N) is 1. The number of imide groups is 1. The predicted octanol–water partition coefficient (Wildman–Crippen LogP) is 0.256. The molecule has 20 heavy (non-hydrogen) atoms. The van der Waals surface area contributed by atoms with E-state index in [0.717, 1.165) is 4.90 Å². The number of fused-ring (bicyclic) bond motifs is 1. The SMILES string of the molecule is O=C(O)CCC(C(=O)O)N1C(=O)[C@H]2CC=CC[C@H]2C1=O. The highest BCUT2D eigenvalue weighted by Crippen LogP contribution is 2.36. The number of carbonyl (C=O) groups is 4. The molecule has 1 heterocycles. The van der Waals surface area contributed by atoms with Crippen molar-refractivity contribution < 1.29 is 29.4 Å². The van der Waals surface area contributed by atoms with Crippen molar-refractivity contribution in [2.45, 2.75) is 31.7 Å². The summed E-state index contributed by atoms with van der Waals surface area (Å²) in [5, 5.41) is 17.8. The van der Waals surface area contributed by atoms with Crippen molar-refractivity contribution in [1.82, 2.24) is 4.90 Å². The summed E-state index contributed by atoms with van der Waals surface area (Å²) in [6.07, 6.45) is 3.80. The number of hydrogen-bond acceptors (Lipinski definition) is 4. The molecule has 0 aromatic carbocycles. The number of carbonyl (C=O) groups excluding carboxylic acids is 2. The summed E-state index contributed by atoms with van der Waals surface area (Å²) in [7, 11) is 0. The van der Waals surface area contributed by atoms with Crippen molar-refractivity contribution in [1.29, 1.82) is 0 Å². The average molecular weight is 281 g/mol. The van der Waals surface area contributed by atoms with Gasteiger partial charge in [-0.3, -0.25) is 19.3 Å². The Morgan fingerprint density at radius 2 is 1.65 bits per heavy atom. The minimum Gasteiger partial charge on any atom is -0.481 e. The highest BCUT2D eigenvalue weighted by molar-refractivity contribution is 6.08. The van der Waals surface area contributed by atoms with Crippen LogP contribution in [-0.2, 0) is 19.2 Å². The number of amides is 2. The Kier molecular flexibility index (Phi) is 3.87. The minimum atomic E-state index is -1.39. The van der Waals surface area contributed by atoms with Crippen LogP contribution in [0.4, 0.5) is 0 Å². The summed E-state index contributed by atoms with van der Waals surface area (Å²) in [4.78, 5) is 47.0. The lowest BCUT2D eigenvalue weighted by atomic mass is 9.85. The molecule has 0 saturated carbocycles. The van der Waals surface area contributed by atoms with E-state index in [0.29, 0.717) is 12.8 Å². The zero-order valence-corrected chi connectivity index (χ0v) is 10.7. The van der Waals surface area contributed by atoms with Crippen LogP contribution in [-0.4, -0.2) is 44.9 Å². The molecule has 108 valence electrons. The number of hydrogen-bond donors (Lipinski definition) is 2. The van der Waals surface area contributed by atoms with Gasteiger partial charge in [0.1, 0.15) is 6.04 Å². The third-order valence-electron chi connectivity index (χ3n) is 3.77. The maximum absolute atomic E-state index is 12.2. The largest absolute Gasteiger partial charge is 0.481 e. The number of carboxylic acid groups (broad SMARTS) is 2. The first-order valence-electron chi connectivity index (χ1n) is 6.40. The number of carboxylic acids is 2. The standard InChI is InChI=1S/C13H15NO6/c15-10(16)6-5-9(13(19)20)14-11(17)7-3-1-2-4-8(7)12(14)18/h1-2,7-9H,3-6H2,(H,15,16)(H,19,20)/t7-,8+,9?. The Morgan fingerprint density at radius 3 is 2.05 bits per heavy atom. The molecule has 0 bridgehead atoms. The van der Waals surface area contributed by atoms with Gasteiger partial charge in [0.2, 0.25) is 11.8 Å². The topological polar surface area (TPSA) is 112 Å². The predicted molar refractivity (Wildman–Crippen MR) is 65.5 cm³/mol. The molecule has 1 unspecified atom stereocenters. The summed E-state index contributed by atoms with van der Waals surface area (Å²) in [5.74, 6) is -4.50. The van der Waals surface area contributed by atoms with Crippen LogP contribution in [0.3, 0.4) is 0 Å². The van der Waals surface area contributed by atoms with Crippen molar-refractivity contribution in [3.05, 3.63) is 12.2 Å². The van der Waals surface area contributed by atoms with Gasteiger partial charge in [0, 0.05) is 6.42 Å². The van der Waals surface area contributed by atoms with E-state index in [2.05, 4.69) is 0 Å². The fraction of sp³-hybridized carbons (Fsp3) is 0.538. The zero-order valence-electron chi connectivity index (χ0n) is 10.7. The van der Waals surface area contributed by atoms with Gasteiger partial charge in [-0.15, -0.1) is 0 Å². The highest BCUT2D eigenvalue weighted by Gasteiger charge is 2.51. The zero-order chi connectivity index (χ0) is 14.9. The van der Waals surface area contributed by atoms with Crippen molar-refractivity contribution in [2.75, 3.05) is 0 Å². The van der Waals surface area contributed by atoms with Crippen LogP contribution in [0, 0.1) is 11.8 Å². The van der Waals surface area contributed by atoms with E-state index in [4.69, 9.17) is 10.2 Å². The van der Waals surface area contributed by atoms with Gasteiger partial charge in [-0.05, 0) is 19.3 Å². The summed E-state index contributed by atoms with van der Waals surface area (Å²) < 4.78 is 0. The molecule has 2 aliphatic rings. The van der Waals surface area contributed by atoms with Crippen molar-refractivity contribution in [3.63, 3.8) is 0 Å². The van der Waals surface area contributed by atoms with E-state index in [1.165, 1.54) is 0 Å². The monoisotopic (exact) mass is 281 g/mol. The van der Waals surface area contributed by atoms with Crippen LogP contribution >= 0.6 is 0 Å². The summed E-state index contributed by atoms with van der Waals surface area (Å²) in [6, 6.07) is -1.39. The van der Waals surface area contributed by atoms with Gasteiger partial charge in [0.15, 0.2) is 0 Å². The molecule has 1 saturated heterocycles. The summed E-state index contributed by atoms with van der Waals surface area (Å²) in [6.45, 7) is 0. The molecule has 2 amide bonds. The Bertz CT molecular complexity index is 471. The summed E-state index contributed by atoms with van der Waals surface area (Å²) in [5.41, 5.74) is 0. The van der Waals surface area contributed by atoms with Crippen LogP contribution in [0.15, 0.2) is 12.2 Å². The number of allylic oxidation sites excluding steroid dienone is 2. The molecule has 7 nitrogen and oxygen atoms in total. The fourth-order valence-electron chi connectivity index (χ4n) is 2.76. The minimum absolute atomic E-state index is 0.269. The van der Waals surface area contributed by atoms with Crippen LogP contribution in [0.2, 0.25) is 0 Å². The number of likely N-dealkylation sites (tertiary alicyclic amines) is 1. The van der Waals surface area contributed by atoms with Gasteiger partial charge >= 0.3 is 11.9 Å². The molecule has 0 aromatic rings. The average Bonchev–Trinajstić information content (AvgIpc) is 2.64. The lowest BCUT2D eigenvalue weighted by Crippen LogP contribution is -2.45. The molecule has 0 spiro atoms. The third kappa shape index (κ3) is 2.43. The van der Waals surface area contributed by atoms with E-state index in [9.17, 15) is 19.2 Å². The van der Waals surface area contributed by atoms with Gasteiger partial charge in [0.05, 0.1) is 11.8 Å². The first kappa shape index (κ1) is 14.2. The maximum atomic E-state index is 12.2. The van der Waals surface area contributed by atoms with Gasteiger partial charge in [0.25, 0.3) is 0 Å². The van der Waals surface area contributed by atoms with E-state index in [1.807, 2.05) is 12.2 Å². The molecule has 2 rings (SSSR count). The molecule has 3 atom stereocenters. The van der Waals surface area contributed by atoms with Crippen molar-refractivity contribution in [2.24, 2.45) is 11.8 Å². The first-order valence-corrected chi connectivity index (χ1v) is 6.40. The molecule has 1 aliphatic heterocycles. The Labute approximate surface area is 114 Å². The molecule has 1 fully saturated rings. The summed E-state index contributed by atoms with van der Waals surface area (Å²) >= 11 is 0. The molecular weight excluding hydrogens is 266 g/mol. The first-order chi connectivity index (χ1) is 9.43. The third-order valence-corrected chi connectivity index (χ3v) is 3.77. The van der Waals surface area contributed by atoms with Crippen LogP contribution in [0.1, 0.15) is 25.7 Å². The van der Waals surface area contributed by atoms with Gasteiger partial charge in [-0.2, -0.15) is 0 Å². The van der Waals surface area contributed by atoms with Crippen LogP contribution in [0.25, 0.3) is 0 Å². The van der Waals surface area contributed by atoms with Crippen molar-refractivity contribution in [3.8, 4) is 0 Å². The normalized spacial score (nSPS) is 26.5. The molecule has 0 radical (unpaired) electrons. The second kappa shape index (κ2) is 5.44. The van der Waals surface area contributed by atoms with Gasteiger partial charge in [-0.1, -0.05) is 12.2 Å². The number of aliphatic carboxylic acids is 2. The smallest absolute Gasteiger partial charge is 0.326 e. The Morgan fingerprint density at radius 1 is 1.15 bits per heavy atom.